The van der Waals surface area contributed by atoms with Crippen LogP contribution < -0.4 is 4.74 Å². The van der Waals surface area contributed by atoms with E-state index in [0.29, 0.717) is 11.3 Å². The second-order valence-electron chi connectivity index (χ2n) is 3.90. The van der Waals surface area contributed by atoms with Gasteiger partial charge in [-0.3, -0.25) is 10.1 Å². The summed E-state index contributed by atoms with van der Waals surface area (Å²) >= 11 is 2.89. The fraction of sp³-hybridized carbons (Fsp3) is 0.0769. The number of hydrogen-bond acceptors (Lipinski definition) is 4. The fourth-order valence-electron chi connectivity index (χ4n) is 1.53. The highest BCUT2D eigenvalue weighted by molar-refractivity contribution is 9.10. The smallest absolute Gasteiger partial charge is 0.312 e. The Kier molecular flexibility index (Phi) is 4.31. The van der Waals surface area contributed by atoms with E-state index in [-0.39, 0.29) is 22.5 Å². The molecule has 0 aliphatic heterocycles. The summed E-state index contributed by atoms with van der Waals surface area (Å²) in [4.78, 5) is 10.3. The van der Waals surface area contributed by atoms with Crippen LogP contribution in [0.3, 0.4) is 0 Å². The molecular weight excluding hydrogens is 333 g/mol. The Morgan fingerprint density at radius 2 is 1.95 bits per heavy atom. The summed E-state index contributed by atoms with van der Waals surface area (Å²) in [7, 11) is 0. The molecule has 0 bridgehead atoms. The molecule has 0 fully saturated rings. The molecule has 0 saturated heterocycles. The number of halogens is 2. The van der Waals surface area contributed by atoms with Crippen LogP contribution in [0.4, 0.5) is 10.1 Å². The van der Waals surface area contributed by atoms with E-state index < -0.39 is 10.7 Å². The lowest BCUT2D eigenvalue weighted by molar-refractivity contribution is -0.385. The van der Waals surface area contributed by atoms with E-state index in [0.717, 1.165) is 12.1 Å². The van der Waals surface area contributed by atoms with Gasteiger partial charge in [0.15, 0.2) is 0 Å². The van der Waals surface area contributed by atoms with Crippen LogP contribution in [-0.2, 0) is 6.61 Å². The zero-order valence-corrected chi connectivity index (χ0v) is 11.6. The van der Waals surface area contributed by atoms with Crippen molar-refractivity contribution in [3.63, 3.8) is 0 Å². The molecule has 0 heterocycles. The average Bonchev–Trinajstić information content (AvgIpc) is 2.43. The van der Waals surface area contributed by atoms with E-state index in [9.17, 15) is 14.5 Å². The fourth-order valence-corrected chi connectivity index (χ4v) is 1.86. The lowest BCUT2D eigenvalue weighted by Gasteiger charge is -2.07. The number of benzene rings is 2. The predicted octanol–water partition coefficient (Wildman–Crippen LogP) is 3.78. The van der Waals surface area contributed by atoms with Crippen molar-refractivity contribution in [1.82, 2.24) is 0 Å². The molecule has 0 aliphatic rings. The third-order valence-corrected chi connectivity index (χ3v) is 3.14. The lowest BCUT2D eigenvalue weighted by Crippen LogP contribution is -1.95. The highest BCUT2D eigenvalue weighted by atomic mass is 79.9. The first-order chi connectivity index (χ1) is 9.51. The van der Waals surface area contributed by atoms with Crippen LogP contribution in [0.2, 0.25) is 0 Å². The number of rotatable bonds is 4. The molecule has 2 aromatic rings. The monoisotopic (exact) mass is 341 g/mol. The van der Waals surface area contributed by atoms with Crippen LogP contribution >= 0.6 is 15.9 Å². The number of ether oxygens (including phenoxy) is 1. The van der Waals surface area contributed by atoms with Crippen molar-refractivity contribution in [1.29, 1.82) is 0 Å². The first-order valence-corrected chi connectivity index (χ1v) is 6.31. The quantitative estimate of drug-likeness (QED) is 0.678. The second-order valence-corrected chi connectivity index (χ2v) is 4.75. The van der Waals surface area contributed by atoms with Gasteiger partial charge in [0.05, 0.1) is 16.0 Å². The van der Waals surface area contributed by atoms with Gasteiger partial charge in [-0.1, -0.05) is 12.1 Å². The Balaban J connectivity index is 2.36. The summed E-state index contributed by atoms with van der Waals surface area (Å²) < 4.78 is 18.8. The standard InChI is InChI=1S/C13H9BrFNO4/c14-10-5-12(16(18)19)13(6-11(10)15)20-9-3-1-8(7-17)2-4-9/h1-6,17H,7H2. The van der Waals surface area contributed by atoms with E-state index in [1.165, 1.54) is 12.1 Å². The van der Waals surface area contributed by atoms with Gasteiger partial charge in [-0.05, 0) is 33.6 Å². The van der Waals surface area contributed by atoms with E-state index in [1.54, 1.807) is 12.1 Å². The van der Waals surface area contributed by atoms with Crippen LogP contribution in [0.5, 0.6) is 11.5 Å². The van der Waals surface area contributed by atoms with Gasteiger partial charge < -0.3 is 9.84 Å². The molecular formula is C13H9BrFNO4. The van der Waals surface area contributed by atoms with Crippen LogP contribution in [0.1, 0.15) is 5.56 Å². The highest BCUT2D eigenvalue weighted by Crippen LogP contribution is 2.35. The van der Waals surface area contributed by atoms with Crippen molar-refractivity contribution < 1.29 is 19.2 Å². The van der Waals surface area contributed by atoms with Crippen molar-refractivity contribution in [3.8, 4) is 11.5 Å². The van der Waals surface area contributed by atoms with Gasteiger partial charge in [0.2, 0.25) is 5.75 Å². The lowest BCUT2D eigenvalue weighted by atomic mass is 10.2. The Morgan fingerprint density at radius 3 is 2.50 bits per heavy atom. The summed E-state index contributed by atoms with van der Waals surface area (Å²) in [5.74, 6) is -0.531. The molecule has 20 heavy (non-hydrogen) atoms. The summed E-state index contributed by atoms with van der Waals surface area (Å²) in [5, 5.41) is 19.8. The predicted molar refractivity (Wildman–Crippen MR) is 73.2 cm³/mol. The molecule has 0 saturated carbocycles. The minimum Gasteiger partial charge on any atom is -0.450 e. The number of nitro groups is 1. The Bertz CT molecular complexity index is 646. The zero-order valence-electron chi connectivity index (χ0n) is 10.0. The van der Waals surface area contributed by atoms with Crippen LogP contribution in [0.25, 0.3) is 0 Å². The molecule has 0 aliphatic carbocycles. The van der Waals surface area contributed by atoms with Gasteiger partial charge in [-0.2, -0.15) is 0 Å². The molecule has 0 atom stereocenters. The van der Waals surface area contributed by atoms with Gasteiger partial charge in [0.1, 0.15) is 11.6 Å². The molecule has 5 nitrogen and oxygen atoms in total. The molecule has 7 heteroatoms. The van der Waals surface area contributed by atoms with Crippen molar-refractivity contribution in [2.45, 2.75) is 6.61 Å². The largest absolute Gasteiger partial charge is 0.450 e. The maximum Gasteiger partial charge on any atom is 0.312 e. The third kappa shape index (κ3) is 3.12. The van der Waals surface area contributed by atoms with E-state index in [1.807, 2.05) is 0 Å². The summed E-state index contributed by atoms with van der Waals surface area (Å²) in [6.45, 7) is -0.118. The van der Waals surface area contributed by atoms with Gasteiger partial charge >= 0.3 is 5.69 Å². The normalized spacial score (nSPS) is 10.3. The van der Waals surface area contributed by atoms with E-state index >= 15 is 0 Å². The summed E-state index contributed by atoms with van der Waals surface area (Å²) in [6, 6.07) is 8.28. The van der Waals surface area contributed by atoms with Crippen LogP contribution in [0.15, 0.2) is 40.9 Å². The summed E-state index contributed by atoms with van der Waals surface area (Å²) in [6.07, 6.45) is 0. The topological polar surface area (TPSA) is 72.6 Å². The highest BCUT2D eigenvalue weighted by Gasteiger charge is 2.19. The van der Waals surface area contributed by atoms with Gasteiger partial charge in [0, 0.05) is 12.1 Å². The van der Waals surface area contributed by atoms with E-state index in [4.69, 9.17) is 9.84 Å². The minimum atomic E-state index is -0.655. The number of hydrogen-bond donors (Lipinski definition) is 1. The van der Waals surface area contributed by atoms with Crippen molar-refractivity contribution in [2.24, 2.45) is 0 Å². The zero-order chi connectivity index (χ0) is 14.7. The molecule has 1 N–H and O–H groups in total. The van der Waals surface area contributed by atoms with Crippen LogP contribution in [0, 0.1) is 15.9 Å². The number of nitro benzene ring substituents is 1. The van der Waals surface area contributed by atoms with Gasteiger partial charge in [0.25, 0.3) is 0 Å². The molecule has 0 radical (unpaired) electrons. The number of aliphatic hydroxyl groups excluding tert-OH is 1. The van der Waals surface area contributed by atoms with Gasteiger partial charge in [-0.25, -0.2) is 4.39 Å². The van der Waals surface area contributed by atoms with Crippen LogP contribution in [-0.4, -0.2) is 10.0 Å². The minimum absolute atomic E-state index is 0.00724. The molecule has 2 aromatic carbocycles. The van der Waals surface area contributed by atoms with E-state index in [2.05, 4.69) is 15.9 Å². The maximum absolute atomic E-state index is 13.5. The molecule has 0 amide bonds. The molecule has 104 valence electrons. The third-order valence-electron chi connectivity index (χ3n) is 2.53. The van der Waals surface area contributed by atoms with Crippen molar-refractivity contribution in [2.75, 3.05) is 0 Å². The summed E-state index contributed by atoms with van der Waals surface area (Å²) in [5.41, 5.74) is 0.332. The first-order valence-electron chi connectivity index (χ1n) is 5.52. The molecule has 0 aromatic heterocycles. The Morgan fingerprint density at radius 1 is 1.30 bits per heavy atom. The van der Waals surface area contributed by atoms with Crippen molar-refractivity contribution >= 4 is 21.6 Å². The average molecular weight is 342 g/mol. The SMILES string of the molecule is O=[N+]([O-])c1cc(Br)c(F)cc1Oc1ccc(CO)cc1. The Labute approximate surface area is 121 Å². The number of nitrogens with zero attached hydrogens (tertiary/aromatic N) is 1. The van der Waals surface area contributed by atoms with Crippen molar-refractivity contribution in [3.05, 3.63) is 62.4 Å². The van der Waals surface area contributed by atoms with Gasteiger partial charge in [-0.15, -0.1) is 0 Å². The molecule has 2 rings (SSSR count). The number of aliphatic hydroxyl groups is 1. The second kappa shape index (κ2) is 5.98. The maximum atomic E-state index is 13.5. The first kappa shape index (κ1) is 14.4. The molecule has 0 unspecified atom stereocenters. The Hall–Kier alpha value is -1.99. The molecule has 0 spiro atoms.